The quantitative estimate of drug-likeness (QED) is 0.756. The SMILES string of the molecule is COCCNC(=O)C1CCN(C(=O)NC2CCCCC2)CC1. The largest absolute Gasteiger partial charge is 0.383 e. The van der Waals surface area contributed by atoms with E-state index in [1.807, 2.05) is 4.90 Å². The lowest BCUT2D eigenvalue weighted by atomic mass is 9.95. The van der Waals surface area contributed by atoms with Gasteiger partial charge in [-0.1, -0.05) is 19.3 Å². The van der Waals surface area contributed by atoms with Crippen molar-refractivity contribution in [3.63, 3.8) is 0 Å². The minimum Gasteiger partial charge on any atom is -0.383 e. The molecule has 1 aliphatic carbocycles. The van der Waals surface area contributed by atoms with E-state index >= 15 is 0 Å². The average molecular weight is 311 g/mol. The standard InChI is InChI=1S/C16H29N3O3/c1-22-12-9-17-15(20)13-7-10-19(11-8-13)16(21)18-14-5-3-2-4-6-14/h13-14H,2-12H2,1H3,(H,17,20)(H,18,21). The van der Waals surface area contributed by atoms with Gasteiger partial charge in [0.05, 0.1) is 6.61 Å². The van der Waals surface area contributed by atoms with Gasteiger partial charge in [-0.2, -0.15) is 0 Å². The van der Waals surface area contributed by atoms with Crippen molar-refractivity contribution < 1.29 is 14.3 Å². The molecule has 2 fully saturated rings. The van der Waals surface area contributed by atoms with E-state index in [0.29, 0.717) is 32.3 Å². The number of nitrogens with zero attached hydrogens (tertiary/aromatic N) is 1. The van der Waals surface area contributed by atoms with E-state index in [4.69, 9.17) is 4.74 Å². The Morgan fingerprint density at radius 1 is 1.09 bits per heavy atom. The summed E-state index contributed by atoms with van der Waals surface area (Å²) in [7, 11) is 1.62. The van der Waals surface area contributed by atoms with Crippen LogP contribution in [0.2, 0.25) is 0 Å². The lowest BCUT2D eigenvalue weighted by Gasteiger charge is -2.33. The van der Waals surface area contributed by atoms with Gasteiger partial charge < -0.3 is 20.3 Å². The lowest BCUT2D eigenvalue weighted by molar-refractivity contribution is -0.126. The second-order valence-corrected chi connectivity index (χ2v) is 6.33. The fraction of sp³-hybridized carbons (Fsp3) is 0.875. The van der Waals surface area contributed by atoms with Crippen LogP contribution in [0.25, 0.3) is 0 Å². The van der Waals surface area contributed by atoms with Gasteiger partial charge in [0.25, 0.3) is 0 Å². The maximum Gasteiger partial charge on any atom is 0.317 e. The van der Waals surface area contributed by atoms with E-state index in [0.717, 1.165) is 25.7 Å². The Labute approximate surface area is 132 Å². The van der Waals surface area contributed by atoms with Crippen molar-refractivity contribution in [1.29, 1.82) is 0 Å². The summed E-state index contributed by atoms with van der Waals surface area (Å²) in [6.45, 7) is 2.42. The number of amides is 3. The third kappa shape index (κ3) is 5.16. The molecule has 6 nitrogen and oxygen atoms in total. The molecule has 0 unspecified atom stereocenters. The molecule has 0 spiro atoms. The van der Waals surface area contributed by atoms with Crippen LogP contribution in [0.1, 0.15) is 44.9 Å². The fourth-order valence-electron chi connectivity index (χ4n) is 3.28. The molecule has 0 aromatic heterocycles. The molecule has 2 N–H and O–H groups in total. The molecule has 0 radical (unpaired) electrons. The van der Waals surface area contributed by atoms with Gasteiger partial charge >= 0.3 is 6.03 Å². The van der Waals surface area contributed by atoms with Crippen molar-refractivity contribution >= 4 is 11.9 Å². The number of nitrogens with one attached hydrogen (secondary N) is 2. The second kappa shape index (κ2) is 8.98. The number of carbonyl (C=O) groups is 2. The Hall–Kier alpha value is -1.30. The number of urea groups is 1. The summed E-state index contributed by atoms with van der Waals surface area (Å²) >= 11 is 0. The van der Waals surface area contributed by atoms with Crippen LogP contribution in [0, 0.1) is 5.92 Å². The van der Waals surface area contributed by atoms with Crippen molar-refractivity contribution in [3.05, 3.63) is 0 Å². The first-order valence-electron chi connectivity index (χ1n) is 8.53. The molecule has 1 heterocycles. The summed E-state index contributed by atoms with van der Waals surface area (Å²) in [5, 5.41) is 6.02. The Kier molecular flexibility index (Phi) is 6.96. The first-order chi connectivity index (χ1) is 10.7. The van der Waals surface area contributed by atoms with Crippen LogP contribution in [-0.4, -0.2) is 56.2 Å². The summed E-state index contributed by atoms with van der Waals surface area (Å²) < 4.78 is 4.92. The van der Waals surface area contributed by atoms with E-state index in [-0.39, 0.29) is 17.9 Å². The third-order valence-corrected chi connectivity index (χ3v) is 4.69. The number of rotatable bonds is 5. The number of ether oxygens (including phenoxy) is 1. The molecule has 0 atom stereocenters. The average Bonchev–Trinajstić information content (AvgIpc) is 2.56. The van der Waals surface area contributed by atoms with Crippen molar-refractivity contribution in [3.8, 4) is 0 Å². The summed E-state index contributed by atoms with van der Waals surface area (Å²) in [6.07, 6.45) is 7.42. The highest BCUT2D eigenvalue weighted by Gasteiger charge is 2.28. The van der Waals surface area contributed by atoms with Crippen molar-refractivity contribution in [1.82, 2.24) is 15.5 Å². The van der Waals surface area contributed by atoms with Crippen LogP contribution in [0.4, 0.5) is 4.79 Å². The molecule has 22 heavy (non-hydrogen) atoms. The van der Waals surface area contributed by atoms with E-state index in [9.17, 15) is 9.59 Å². The smallest absolute Gasteiger partial charge is 0.317 e. The van der Waals surface area contributed by atoms with Crippen LogP contribution < -0.4 is 10.6 Å². The summed E-state index contributed by atoms with van der Waals surface area (Å²) in [6, 6.07) is 0.390. The highest BCUT2D eigenvalue weighted by molar-refractivity contribution is 5.79. The van der Waals surface area contributed by atoms with E-state index in [1.54, 1.807) is 7.11 Å². The van der Waals surface area contributed by atoms with Crippen molar-refractivity contribution in [2.75, 3.05) is 33.4 Å². The molecule has 1 saturated heterocycles. The minimum absolute atomic E-state index is 0.0237. The summed E-state index contributed by atoms with van der Waals surface area (Å²) in [5.74, 6) is 0.111. The molecule has 126 valence electrons. The second-order valence-electron chi connectivity index (χ2n) is 6.33. The first-order valence-corrected chi connectivity index (χ1v) is 8.53. The number of likely N-dealkylation sites (tertiary alicyclic amines) is 1. The Morgan fingerprint density at radius 2 is 1.77 bits per heavy atom. The molecule has 0 aromatic carbocycles. The molecular weight excluding hydrogens is 282 g/mol. The van der Waals surface area contributed by atoms with Gasteiger partial charge in [-0.3, -0.25) is 4.79 Å². The van der Waals surface area contributed by atoms with Crippen LogP contribution in [0.15, 0.2) is 0 Å². The zero-order valence-corrected chi connectivity index (χ0v) is 13.6. The van der Waals surface area contributed by atoms with Gasteiger partial charge in [0, 0.05) is 38.7 Å². The molecule has 1 saturated carbocycles. The zero-order chi connectivity index (χ0) is 15.8. The van der Waals surface area contributed by atoms with E-state index in [2.05, 4.69) is 10.6 Å². The van der Waals surface area contributed by atoms with Crippen LogP contribution in [-0.2, 0) is 9.53 Å². The number of carbonyl (C=O) groups excluding carboxylic acids is 2. The number of hydrogen-bond acceptors (Lipinski definition) is 3. The highest BCUT2D eigenvalue weighted by atomic mass is 16.5. The maximum absolute atomic E-state index is 12.3. The van der Waals surface area contributed by atoms with Crippen molar-refractivity contribution in [2.45, 2.75) is 51.0 Å². The molecule has 1 aliphatic heterocycles. The summed E-state index contributed by atoms with van der Waals surface area (Å²) in [4.78, 5) is 26.1. The van der Waals surface area contributed by atoms with Gasteiger partial charge in [-0.25, -0.2) is 4.79 Å². The number of methoxy groups -OCH3 is 1. The van der Waals surface area contributed by atoms with Crippen LogP contribution >= 0.6 is 0 Å². The van der Waals surface area contributed by atoms with Crippen LogP contribution in [0.3, 0.4) is 0 Å². The Morgan fingerprint density at radius 3 is 2.41 bits per heavy atom. The molecule has 0 bridgehead atoms. The zero-order valence-electron chi connectivity index (χ0n) is 13.6. The monoisotopic (exact) mass is 311 g/mol. The Bertz CT molecular complexity index is 362. The van der Waals surface area contributed by atoms with E-state index in [1.165, 1.54) is 19.3 Å². The molecule has 3 amide bonds. The molecule has 2 aliphatic rings. The predicted molar refractivity (Wildman–Crippen MR) is 84.6 cm³/mol. The third-order valence-electron chi connectivity index (χ3n) is 4.69. The normalized spacial score (nSPS) is 20.7. The summed E-state index contributed by atoms with van der Waals surface area (Å²) in [5.41, 5.74) is 0. The highest BCUT2D eigenvalue weighted by Crippen LogP contribution is 2.20. The topological polar surface area (TPSA) is 70.7 Å². The molecular formula is C16H29N3O3. The van der Waals surface area contributed by atoms with Gasteiger partial charge in [-0.05, 0) is 25.7 Å². The van der Waals surface area contributed by atoms with E-state index < -0.39 is 0 Å². The van der Waals surface area contributed by atoms with Crippen LogP contribution in [0.5, 0.6) is 0 Å². The number of hydrogen-bond donors (Lipinski definition) is 2. The number of piperidine rings is 1. The molecule has 0 aromatic rings. The van der Waals surface area contributed by atoms with Gasteiger partial charge in [0.15, 0.2) is 0 Å². The predicted octanol–water partition coefficient (Wildman–Crippen LogP) is 1.50. The molecule has 6 heteroatoms. The maximum atomic E-state index is 12.3. The Balaban J connectivity index is 1.67. The fourth-order valence-corrected chi connectivity index (χ4v) is 3.28. The van der Waals surface area contributed by atoms with Gasteiger partial charge in [-0.15, -0.1) is 0 Å². The van der Waals surface area contributed by atoms with Gasteiger partial charge in [0.2, 0.25) is 5.91 Å². The van der Waals surface area contributed by atoms with Crippen molar-refractivity contribution in [2.24, 2.45) is 5.92 Å². The first kappa shape index (κ1) is 17.1. The van der Waals surface area contributed by atoms with Gasteiger partial charge in [0.1, 0.15) is 0 Å². The molecule has 2 rings (SSSR count). The lowest BCUT2D eigenvalue weighted by Crippen LogP contribution is -2.49. The minimum atomic E-state index is 0.0237.